The van der Waals surface area contributed by atoms with E-state index in [0.29, 0.717) is 28.3 Å². The van der Waals surface area contributed by atoms with Gasteiger partial charge in [0.25, 0.3) is 11.8 Å². The molecule has 33 heavy (non-hydrogen) atoms. The quantitative estimate of drug-likeness (QED) is 0.282. The molecule has 0 radical (unpaired) electrons. The fourth-order valence-electron chi connectivity index (χ4n) is 3.51. The molecule has 1 saturated heterocycles. The molecule has 166 valence electrons. The van der Waals surface area contributed by atoms with Gasteiger partial charge in [-0.05, 0) is 65.9 Å². The second-order valence-corrected chi connectivity index (χ2v) is 9.65. The van der Waals surface area contributed by atoms with E-state index in [9.17, 15) is 14.4 Å². The minimum absolute atomic E-state index is 0.139. The van der Waals surface area contributed by atoms with Crippen LogP contribution in [0.2, 0.25) is 5.02 Å². The number of amides is 4. The molecule has 8 heteroatoms. The van der Waals surface area contributed by atoms with Crippen LogP contribution in [0, 0.1) is 6.92 Å². The fraction of sp³-hybridized carbons (Fsp3) is 0.0800. The van der Waals surface area contributed by atoms with Crippen molar-refractivity contribution in [3.8, 4) is 0 Å². The molecule has 0 saturated carbocycles. The maximum Gasteiger partial charge on any atom is 0.335 e. The van der Waals surface area contributed by atoms with Crippen LogP contribution in [-0.4, -0.2) is 17.8 Å². The number of nitrogens with zero attached hydrogens (tertiary/aromatic N) is 1. The van der Waals surface area contributed by atoms with Gasteiger partial charge in [-0.3, -0.25) is 14.9 Å². The van der Waals surface area contributed by atoms with Crippen LogP contribution < -0.4 is 10.2 Å². The smallest absolute Gasteiger partial charge is 0.273 e. The van der Waals surface area contributed by atoms with Crippen LogP contribution in [0.15, 0.2) is 75.2 Å². The second-order valence-electron chi connectivity index (χ2n) is 7.51. The largest absolute Gasteiger partial charge is 0.335 e. The zero-order valence-electron chi connectivity index (χ0n) is 17.4. The minimum Gasteiger partial charge on any atom is -0.273 e. The van der Waals surface area contributed by atoms with Crippen molar-refractivity contribution in [1.29, 1.82) is 0 Å². The summed E-state index contributed by atoms with van der Waals surface area (Å²) in [5.41, 5.74) is 3.70. The standard InChI is InChI=1S/C25H17Br2ClN2O3/c1-14-6-9-18(28)13-22(14)30-24(32)19(23(31)29-25(30)33)10-15-7-8-17(21(27)11-15)12-16-4-2-3-5-20(16)26/h2-11,13H,12H2,1H3,(H,29,31,33)/b19-10+. The van der Waals surface area contributed by atoms with Crippen LogP contribution in [0.4, 0.5) is 10.5 Å². The number of hydrogen-bond donors (Lipinski definition) is 1. The number of barbiturate groups is 1. The van der Waals surface area contributed by atoms with Gasteiger partial charge in [0, 0.05) is 14.0 Å². The van der Waals surface area contributed by atoms with E-state index in [4.69, 9.17) is 11.6 Å². The monoisotopic (exact) mass is 586 g/mol. The van der Waals surface area contributed by atoms with Crippen molar-refractivity contribution in [2.75, 3.05) is 4.90 Å². The van der Waals surface area contributed by atoms with Crippen LogP contribution >= 0.6 is 43.5 Å². The number of imide groups is 2. The molecule has 4 rings (SSSR count). The Kier molecular flexibility index (Phi) is 6.83. The maximum absolute atomic E-state index is 13.2. The summed E-state index contributed by atoms with van der Waals surface area (Å²) < 4.78 is 1.86. The van der Waals surface area contributed by atoms with Crippen LogP contribution in [-0.2, 0) is 16.0 Å². The minimum atomic E-state index is -0.808. The molecule has 0 unspecified atom stereocenters. The van der Waals surface area contributed by atoms with E-state index in [1.807, 2.05) is 42.5 Å². The Morgan fingerprint density at radius 1 is 0.939 bits per heavy atom. The van der Waals surface area contributed by atoms with Crippen molar-refractivity contribution in [3.63, 3.8) is 0 Å². The van der Waals surface area contributed by atoms with Crippen molar-refractivity contribution in [1.82, 2.24) is 5.32 Å². The second kappa shape index (κ2) is 9.63. The van der Waals surface area contributed by atoms with E-state index in [-0.39, 0.29) is 5.57 Å². The van der Waals surface area contributed by atoms with Gasteiger partial charge in [0.15, 0.2) is 0 Å². The molecular weight excluding hydrogens is 572 g/mol. The topological polar surface area (TPSA) is 66.5 Å². The van der Waals surface area contributed by atoms with Crippen molar-refractivity contribution in [3.05, 3.63) is 102 Å². The molecule has 0 aliphatic carbocycles. The molecule has 4 amide bonds. The number of aryl methyl sites for hydroxylation is 1. The van der Waals surface area contributed by atoms with Gasteiger partial charge in [0.2, 0.25) is 0 Å². The molecule has 1 aliphatic heterocycles. The Labute approximate surface area is 212 Å². The molecule has 1 N–H and O–H groups in total. The average molecular weight is 589 g/mol. The normalized spacial score (nSPS) is 15.2. The van der Waals surface area contributed by atoms with Crippen LogP contribution in [0.5, 0.6) is 0 Å². The van der Waals surface area contributed by atoms with Crippen molar-refractivity contribution >= 4 is 73.1 Å². The first kappa shape index (κ1) is 23.4. The lowest BCUT2D eigenvalue weighted by molar-refractivity contribution is -0.122. The van der Waals surface area contributed by atoms with Crippen LogP contribution in [0.25, 0.3) is 6.08 Å². The number of rotatable bonds is 4. The molecule has 0 bridgehead atoms. The predicted octanol–water partition coefficient (Wildman–Crippen LogP) is 6.43. The SMILES string of the molecule is Cc1ccc(Cl)cc1N1C(=O)NC(=O)/C(=C\c2ccc(Cc3ccccc3Br)c(Br)c2)C1=O. The van der Waals surface area contributed by atoms with Gasteiger partial charge < -0.3 is 0 Å². The summed E-state index contributed by atoms with van der Waals surface area (Å²) in [4.78, 5) is 39.1. The van der Waals surface area contributed by atoms with Gasteiger partial charge in [0.05, 0.1) is 5.69 Å². The Morgan fingerprint density at radius 2 is 1.67 bits per heavy atom. The van der Waals surface area contributed by atoms with E-state index < -0.39 is 17.8 Å². The van der Waals surface area contributed by atoms with E-state index in [2.05, 4.69) is 37.2 Å². The Bertz CT molecular complexity index is 1340. The lowest BCUT2D eigenvalue weighted by Gasteiger charge is -2.27. The van der Waals surface area contributed by atoms with Crippen molar-refractivity contribution in [2.24, 2.45) is 0 Å². The molecule has 0 atom stereocenters. The Balaban J connectivity index is 1.66. The lowest BCUT2D eigenvalue weighted by Crippen LogP contribution is -2.54. The summed E-state index contributed by atoms with van der Waals surface area (Å²) in [7, 11) is 0. The lowest BCUT2D eigenvalue weighted by atomic mass is 10.0. The summed E-state index contributed by atoms with van der Waals surface area (Å²) in [5.74, 6) is -1.45. The third kappa shape index (κ3) is 4.95. The summed E-state index contributed by atoms with van der Waals surface area (Å²) in [6, 6.07) is 17.7. The van der Waals surface area contributed by atoms with Gasteiger partial charge in [0.1, 0.15) is 5.57 Å². The fourth-order valence-corrected chi connectivity index (χ4v) is 4.64. The number of nitrogens with one attached hydrogen (secondary N) is 1. The summed E-state index contributed by atoms with van der Waals surface area (Å²) in [6.07, 6.45) is 2.18. The highest BCUT2D eigenvalue weighted by atomic mass is 79.9. The average Bonchev–Trinajstić information content (AvgIpc) is 2.76. The zero-order valence-corrected chi connectivity index (χ0v) is 21.3. The number of carbonyl (C=O) groups is 3. The Hall–Kier alpha value is -2.74. The highest BCUT2D eigenvalue weighted by molar-refractivity contribution is 9.10. The summed E-state index contributed by atoms with van der Waals surface area (Å²) in [5, 5.41) is 2.62. The third-order valence-corrected chi connectivity index (χ3v) is 6.99. The zero-order chi connectivity index (χ0) is 23.7. The number of carbonyl (C=O) groups excluding carboxylic acids is 3. The van der Waals surface area contributed by atoms with E-state index in [1.54, 1.807) is 19.1 Å². The number of anilines is 1. The predicted molar refractivity (Wildman–Crippen MR) is 136 cm³/mol. The van der Waals surface area contributed by atoms with Gasteiger partial charge in [-0.25, -0.2) is 9.69 Å². The molecule has 3 aromatic rings. The molecular formula is C25H17Br2ClN2O3. The molecule has 0 spiro atoms. The van der Waals surface area contributed by atoms with E-state index in [0.717, 1.165) is 25.0 Å². The van der Waals surface area contributed by atoms with Gasteiger partial charge >= 0.3 is 6.03 Å². The van der Waals surface area contributed by atoms with E-state index in [1.165, 1.54) is 12.1 Å². The molecule has 1 fully saturated rings. The van der Waals surface area contributed by atoms with Crippen LogP contribution in [0.1, 0.15) is 22.3 Å². The Morgan fingerprint density at radius 3 is 2.39 bits per heavy atom. The summed E-state index contributed by atoms with van der Waals surface area (Å²) >= 11 is 13.2. The number of benzene rings is 3. The molecule has 1 heterocycles. The third-order valence-electron chi connectivity index (χ3n) is 5.24. The van der Waals surface area contributed by atoms with Crippen molar-refractivity contribution < 1.29 is 14.4 Å². The molecule has 0 aromatic heterocycles. The highest BCUT2D eigenvalue weighted by Crippen LogP contribution is 2.29. The van der Waals surface area contributed by atoms with Crippen molar-refractivity contribution in [2.45, 2.75) is 13.3 Å². The number of hydrogen-bond acceptors (Lipinski definition) is 3. The van der Waals surface area contributed by atoms with Gasteiger partial charge in [-0.2, -0.15) is 0 Å². The molecule has 3 aromatic carbocycles. The first-order chi connectivity index (χ1) is 15.7. The number of halogens is 3. The first-order valence-corrected chi connectivity index (χ1v) is 11.9. The maximum atomic E-state index is 13.2. The molecule has 1 aliphatic rings. The van der Waals surface area contributed by atoms with Gasteiger partial charge in [-0.1, -0.05) is 79.9 Å². The van der Waals surface area contributed by atoms with Gasteiger partial charge in [-0.15, -0.1) is 0 Å². The molecule has 5 nitrogen and oxygen atoms in total. The highest BCUT2D eigenvalue weighted by Gasteiger charge is 2.37. The first-order valence-electron chi connectivity index (χ1n) is 9.94. The van der Waals surface area contributed by atoms with E-state index >= 15 is 0 Å². The summed E-state index contributed by atoms with van der Waals surface area (Å²) in [6.45, 7) is 1.76. The van der Waals surface area contributed by atoms with Crippen LogP contribution in [0.3, 0.4) is 0 Å². The number of urea groups is 1.